The van der Waals surface area contributed by atoms with Gasteiger partial charge in [-0.15, -0.1) is 0 Å². The molecule has 0 fully saturated rings. The van der Waals surface area contributed by atoms with E-state index >= 15 is 0 Å². The molecule has 22 heavy (non-hydrogen) atoms. The molecule has 0 saturated heterocycles. The van der Waals surface area contributed by atoms with Gasteiger partial charge in [-0.3, -0.25) is 14.4 Å². The molecule has 3 N–H and O–H groups in total. The van der Waals surface area contributed by atoms with Crippen molar-refractivity contribution >= 4 is 23.4 Å². The van der Waals surface area contributed by atoms with Crippen LogP contribution in [0.2, 0.25) is 0 Å². The van der Waals surface area contributed by atoms with Gasteiger partial charge in [-0.1, -0.05) is 12.1 Å². The first kappa shape index (κ1) is 17.5. The van der Waals surface area contributed by atoms with Gasteiger partial charge in [0, 0.05) is 32.9 Å². The van der Waals surface area contributed by atoms with E-state index in [0.717, 1.165) is 0 Å². The molecule has 1 aromatic carbocycles. The third-order valence-electron chi connectivity index (χ3n) is 2.78. The molecule has 0 radical (unpaired) electrons. The van der Waals surface area contributed by atoms with Crippen molar-refractivity contribution in [1.29, 1.82) is 0 Å². The lowest BCUT2D eigenvalue weighted by Crippen LogP contribution is -2.31. The lowest BCUT2D eigenvalue weighted by molar-refractivity contribution is -0.121. The van der Waals surface area contributed by atoms with Crippen LogP contribution in [0.5, 0.6) is 5.75 Å². The van der Waals surface area contributed by atoms with E-state index in [9.17, 15) is 14.4 Å². The Bertz CT molecular complexity index is 531. The van der Waals surface area contributed by atoms with E-state index in [4.69, 9.17) is 4.74 Å². The number of amides is 3. The fourth-order valence-corrected chi connectivity index (χ4v) is 1.72. The maximum absolute atomic E-state index is 11.8. The smallest absolute Gasteiger partial charge is 0.226 e. The summed E-state index contributed by atoms with van der Waals surface area (Å²) < 4.78 is 5.13. The molecule has 0 unspecified atom stereocenters. The summed E-state index contributed by atoms with van der Waals surface area (Å²) in [7, 11) is 1.53. The monoisotopic (exact) mass is 307 g/mol. The van der Waals surface area contributed by atoms with Gasteiger partial charge in [0.05, 0.1) is 12.8 Å². The summed E-state index contributed by atoms with van der Waals surface area (Å²) in [4.78, 5) is 33.9. The number of nitrogens with one attached hydrogen (secondary N) is 3. The van der Waals surface area contributed by atoms with Gasteiger partial charge in [-0.2, -0.15) is 0 Å². The number of carbonyl (C=O) groups is 3. The van der Waals surface area contributed by atoms with Crippen molar-refractivity contribution in [1.82, 2.24) is 10.6 Å². The van der Waals surface area contributed by atoms with Crippen LogP contribution in [-0.2, 0) is 14.4 Å². The van der Waals surface area contributed by atoms with Crippen molar-refractivity contribution in [3.05, 3.63) is 24.3 Å². The zero-order valence-electron chi connectivity index (χ0n) is 12.8. The van der Waals surface area contributed by atoms with Gasteiger partial charge in [-0.05, 0) is 12.1 Å². The Hall–Kier alpha value is -2.57. The third-order valence-corrected chi connectivity index (χ3v) is 2.78. The Kier molecular flexibility index (Phi) is 7.45. The first-order valence-electron chi connectivity index (χ1n) is 6.97. The van der Waals surface area contributed by atoms with Crippen molar-refractivity contribution in [2.75, 3.05) is 25.5 Å². The lowest BCUT2D eigenvalue weighted by Gasteiger charge is -2.10. The molecule has 0 aliphatic heterocycles. The Labute approximate surface area is 129 Å². The highest BCUT2D eigenvalue weighted by atomic mass is 16.5. The number of benzene rings is 1. The maximum Gasteiger partial charge on any atom is 0.226 e. The minimum atomic E-state index is -0.216. The number of rotatable bonds is 8. The number of hydrogen-bond donors (Lipinski definition) is 3. The summed E-state index contributed by atoms with van der Waals surface area (Å²) in [5, 5.41) is 7.87. The molecule has 3 amide bonds. The van der Waals surface area contributed by atoms with Gasteiger partial charge < -0.3 is 20.7 Å². The molecule has 120 valence electrons. The van der Waals surface area contributed by atoms with Gasteiger partial charge >= 0.3 is 0 Å². The number of para-hydroxylation sites is 2. The summed E-state index contributed by atoms with van der Waals surface area (Å²) in [6, 6.07) is 7.09. The number of ether oxygens (including phenoxy) is 1. The Morgan fingerprint density at radius 1 is 1.00 bits per heavy atom. The Morgan fingerprint density at radius 2 is 1.64 bits per heavy atom. The normalized spacial score (nSPS) is 9.73. The highest BCUT2D eigenvalue weighted by Gasteiger charge is 2.07. The van der Waals surface area contributed by atoms with E-state index in [1.165, 1.54) is 14.0 Å². The Morgan fingerprint density at radius 3 is 2.32 bits per heavy atom. The number of hydrogen-bond acceptors (Lipinski definition) is 4. The SMILES string of the molecule is COc1ccccc1NC(=O)CCNC(=O)CCNC(C)=O. The topological polar surface area (TPSA) is 96.5 Å². The highest BCUT2D eigenvalue weighted by molar-refractivity contribution is 5.92. The number of methoxy groups -OCH3 is 1. The van der Waals surface area contributed by atoms with Crippen LogP contribution in [0, 0.1) is 0 Å². The van der Waals surface area contributed by atoms with Crippen LogP contribution >= 0.6 is 0 Å². The van der Waals surface area contributed by atoms with Crippen molar-refractivity contribution in [3.63, 3.8) is 0 Å². The summed E-state index contributed by atoms with van der Waals surface area (Å²) in [5.74, 6) is -0.0234. The summed E-state index contributed by atoms with van der Waals surface area (Å²) in [5.41, 5.74) is 0.590. The molecule has 7 nitrogen and oxygen atoms in total. The fourth-order valence-electron chi connectivity index (χ4n) is 1.72. The number of carbonyl (C=O) groups excluding carboxylic acids is 3. The van der Waals surface area contributed by atoms with E-state index in [-0.39, 0.29) is 43.7 Å². The average molecular weight is 307 g/mol. The van der Waals surface area contributed by atoms with Gasteiger partial charge in [0.25, 0.3) is 0 Å². The zero-order chi connectivity index (χ0) is 16.4. The molecule has 0 spiro atoms. The standard InChI is InChI=1S/C15H21N3O4/c1-11(19)16-9-7-14(20)17-10-8-15(21)18-12-5-3-4-6-13(12)22-2/h3-6H,7-10H2,1-2H3,(H,16,19)(H,17,20)(H,18,21). The van der Waals surface area contributed by atoms with E-state index in [0.29, 0.717) is 11.4 Å². The van der Waals surface area contributed by atoms with Gasteiger partial charge in [0.2, 0.25) is 17.7 Å². The van der Waals surface area contributed by atoms with Crippen molar-refractivity contribution in [2.45, 2.75) is 19.8 Å². The van der Waals surface area contributed by atoms with Crippen LogP contribution in [0.25, 0.3) is 0 Å². The quantitative estimate of drug-likeness (QED) is 0.657. The number of anilines is 1. The second kappa shape index (κ2) is 9.38. The molecule has 0 aliphatic rings. The first-order valence-corrected chi connectivity index (χ1v) is 6.97. The second-order valence-electron chi connectivity index (χ2n) is 4.58. The van der Waals surface area contributed by atoms with Gasteiger partial charge in [-0.25, -0.2) is 0 Å². The summed E-state index contributed by atoms with van der Waals surface area (Å²) >= 11 is 0. The van der Waals surface area contributed by atoms with Crippen LogP contribution in [0.4, 0.5) is 5.69 Å². The zero-order valence-corrected chi connectivity index (χ0v) is 12.8. The lowest BCUT2D eigenvalue weighted by atomic mass is 10.2. The maximum atomic E-state index is 11.8. The van der Waals surface area contributed by atoms with Gasteiger partial charge in [0.15, 0.2) is 0 Å². The van der Waals surface area contributed by atoms with Crippen LogP contribution < -0.4 is 20.7 Å². The van der Waals surface area contributed by atoms with Crippen molar-refractivity contribution in [3.8, 4) is 5.75 Å². The minimum absolute atomic E-state index is 0.157. The van der Waals surface area contributed by atoms with Crippen LogP contribution in [0.1, 0.15) is 19.8 Å². The predicted octanol–water partition coefficient (Wildman–Crippen LogP) is 0.666. The van der Waals surface area contributed by atoms with E-state index in [2.05, 4.69) is 16.0 Å². The molecule has 0 bridgehead atoms. The largest absolute Gasteiger partial charge is 0.495 e. The Balaban J connectivity index is 2.26. The van der Waals surface area contributed by atoms with E-state index in [1.54, 1.807) is 18.2 Å². The van der Waals surface area contributed by atoms with Gasteiger partial charge in [0.1, 0.15) is 5.75 Å². The molecule has 0 aromatic heterocycles. The highest BCUT2D eigenvalue weighted by Crippen LogP contribution is 2.22. The second-order valence-corrected chi connectivity index (χ2v) is 4.58. The fraction of sp³-hybridized carbons (Fsp3) is 0.400. The first-order chi connectivity index (χ1) is 10.5. The van der Waals surface area contributed by atoms with Crippen LogP contribution in [0.3, 0.4) is 0 Å². The van der Waals surface area contributed by atoms with E-state index < -0.39 is 0 Å². The summed E-state index contributed by atoms with van der Waals surface area (Å²) in [6.45, 7) is 1.91. The summed E-state index contributed by atoms with van der Waals surface area (Å²) in [6.07, 6.45) is 0.345. The van der Waals surface area contributed by atoms with Crippen LogP contribution in [-0.4, -0.2) is 37.9 Å². The average Bonchev–Trinajstić information content (AvgIpc) is 2.47. The van der Waals surface area contributed by atoms with Crippen molar-refractivity contribution in [2.24, 2.45) is 0 Å². The molecule has 0 atom stereocenters. The molecule has 0 saturated carbocycles. The predicted molar refractivity (Wildman–Crippen MR) is 82.6 cm³/mol. The molecular formula is C15H21N3O4. The minimum Gasteiger partial charge on any atom is -0.495 e. The molecule has 0 aliphatic carbocycles. The third kappa shape index (κ3) is 6.74. The molecule has 1 aromatic rings. The van der Waals surface area contributed by atoms with E-state index in [1.807, 2.05) is 6.07 Å². The van der Waals surface area contributed by atoms with Crippen LogP contribution in [0.15, 0.2) is 24.3 Å². The van der Waals surface area contributed by atoms with Crippen molar-refractivity contribution < 1.29 is 19.1 Å². The molecule has 0 heterocycles. The molecule has 1 rings (SSSR count). The molecular weight excluding hydrogens is 286 g/mol. The molecule has 7 heteroatoms.